The summed E-state index contributed by atoms with van der Waals surface area (Å²) in [5, 5.41) is 0. The van der Waals surface area contributed by atoms with Crippen LogP contribution < -0.4 is 0 Å². The van der Waals surface area contributed by atoms with Gasteiger partial charge >= 0.3 is 6.18 Å². The van der Waals surface area contributed by atoms with Gasteiger partial charge in [0.05, 0.1) is 18.3 Å². The van der Waals surface area contributed by atoms with Gasteiger partial charge in [-0.1, -0.05) is 24.3 Å². The highest BCUT2D eigenvalue weighted by atomic mass is 19.4. The molecule has 1 nitrogen and oxygen atoms in total. The lowest BCUT2D eigenvalue weighted by Crippen LogP contribution is -2.16. The van der Waals surface area contributed by atoms with Gasteiger partial charge in [-0.3, -0.25) is 0 Å². The van der Waals surface area contributed by atoms with Gasteiger partial charge in [-0.25, -0.2) is 4.39 Å². The van der Waals surface area contributed by atoms with Crippen LogP contribution in [0.1, 0.15) is 29.2 Å². The minimum Gasteiger partial charge on any atom is -0.369 e. The fourth-order valence-electron chi connectivity index (χ4n) is 2.03. The Morgan fingerprint density at radius 3 is 2.50 bits per heavy atom. The number of ether oxygens (including phenoxy) is 1. The minimum atomic E-state index is -4.69. The van der Waals surface area contributed by atoms with Crippen molar-refractivity contribution in [3.05, 3.63) is 46.8 Å². The third-order valence-electron chi connectivity index (χ3n) is 2.92. The number of aryl methyl sites for hydroxylation is 1. The second-order valence-corrected chi connectivity index (χ2v) is 4.19. The van der Waals surface area contributed by atoms with Crippen LogP contribution in [0.2, 0.25) is 0 Å². The summed E-state index contributed by atoms with van der Waals surface area (Å²) in [4.78, 5) is 0. The van der Waals surface area contributed by atoms with Crippen molar-refractivity contribution in [3.63, 3.8) is 0 Å². The molecule has 98 valence electrons. The zero-order valence-electron chi connectivity index (χ0n) is 9.72. The van der Waals surface area contributed by atoms with E-state index in [4.69, 9.17) is 4.74 Å². The van der Waals surface area contributed by atoms with Crippen LogP contribution in [0.15, 0.2) is 24.3 Å². The van der Waals surface area contributed by atoms with Crippen molar-refractivity contribution in [1.29, 1.82) is 0 Å². The van der Waals surface area contributed by atoms with Crippen LogP contribution in [-0.4, -0.2) is 6.61 Å². The van der Waals surface area contributed by atoms with E-state index in [1.165, 1.54) is 19.1 Å². The van der Waals surface area contributed by atoms with Crippen molar-refractivity contribution in [3.8, 4) is 0 Å². The molecule has 0 bridgehead atoms. The highest BCUT2D eigenvalue weighted by Crippen LogP contribution is 2.38. The third-order valence-corrected chi connectivity index (χ3v) is 2.92. The van der Waals surface area contributed by atoms with E-state index in [1.54, 1.807) is 12.2 Å². The fourth-order valence-corrected chi connectivity index (χ4v) is 2.03. The Bertz CT molecular complexity index is 477. The Morgan fingerprint density at radius 1 is 1.22 bits per heavy atom. The number of hydrogen-bond acceptors (Lipinski definition) is 1. The summed E-state index contributed by atoms with van der Waals surface area (Å²) in [6.07, 6.45) is -1.41. The third kappa shape index (κ3) is 2.41. The Kier molecular flexibility index (Phi) is 3.43. The monoisotopic (exact) mass is 260 g/mol. The van der Waals surface area contributed by atoms with Crippen LogP contribution in [0.3, 0.4) is 0 Å². The molecule has 18 heavy (non-hydrogen) atoms. The molecule has 1 heterocycles. The molecule has 1 atom stereocenters. The van der Waals surface area contributed by atoms with E-state index < -0.39 is 23.7 Å². The van der Waals surface area contributed by atoms with Crippen molar-refractivity contribution >= 4 is 0 Å². The molecule has 0 amide bonds. The second kappa shape index (κ2) is 4.72. The molecule has 0 spiro atoms. The Labute approximate surface area is 102 Å². The number of rotatable bonds is 1. The van der Waals surface area contributed by atoms with Crippen molar-refractivity contribution in [2.75, 3.05) is 6.61 Å². The average molecular weight is 260 g/mol. The van der Waals surface area contributed by atoms with Crippen LogP contribution in [0, 0.1) is 12.7 Å². The zero-order valence-corrected chi connectivity index (χ0v) is 9.72. The van der Waals surface area contributed by atoms with E-state index in [0.29, 0.717) is 13.0 Å². The summed E-state index contributed by atoms with van der Waals surface area (Å²) in [6, 6.07) is 2.65. The van der Waals surface area contributed by atoms with Crippen molar-refractivity contribution in [1.82, 2.24) is 0 Å². The van der Waals surface area contributed by atoms with Crippen LogP contribution >= 0.6 is 0 Å². The Balaban J connectivity index is 2.47. The van der Waals surface area contributed by atoms with Crippen LogP contribution in [0.5, 0.6) is 0 Å². The number of hydrogen-bond donors (Lipinski definition) is 0. The first kappa shape index (κ1) is 13.1. The van der Waals surface area contributed by atoms with Crippen molar-refractivity contribution in [2.24, 2.45) is 0 Å². The Morgan fingerprint density at radius 2 is 1.94 bits per heavy atom. The normalized spacial score (nSPS) is 20.2. The molecule has 0 radical (unpaired) electrons. The van der Waals surface area contributed by atoms with E-state index in [2.05, 4.69) is 0 Å². The molecule has 0 N–H and O–H groups in total. The molecule has 0 fully saturated rings. The first-order valence-corrected chi connectivity index (χ1v) is 5.54. The minimum absolute atomic E-state index is 0.0303. The molecule has 0 saturated heterocycles. The topological polar surface area (TPSA) is 9.23 Å². The molecule has 1 unspecified atom stereocenters. The van der Waals surface area contributed by atoms with E-state index in [9.17, 15) is 17.6 Å². The first-order valence-electron chi connectivity index (χ1n) is 5.54. The first-order chi connectivity index (χ1) is 8.41. The van der Waals surface area contributed by atoms with E-state index >= 15 is 0 Å². The highest BCUT2D eigenvalue weighted by Gasteiger charge is 2.37. The molecule has 0 saturated carbocycles. The SMILES string of the molecule is Cc1ccc(C2CC=CCO2)c(F)c1C(F)(F)F. The molecule has 0 aromatic heterocycles. The van der Waals surface area contributed by atoms with Gasteiger partial charge in [0.1, 0.15) is 5.82 Å². The summed E-state index contributed by atoms with van der Waals surface area (Å²) in [5.74, 6) is -1.22. The molecule has 1 aromatic carbocycles. The summed E-state index contributed by atoms with van der Waals surface area (Å²) in [5.41, 5.74) is -1.34. The quantitative estimate of drug-likeness (QED) is 0.544. The van der Waals surface area contributed by atoms with Gasteiger partial charge in [0.15, 0.2) is 0 Å². The Hall–Kier alpha value is -1.36. The highest BCUT2D eigenvalue weighted by molar-refractivity contribution is 5.36. The van der Waals surface area contributed by atoms with E-state index in [1.807, 2.05) is 0 Å². The van der Waals surface area contributed by atoms with Gasteiger partial charge in [-0.05, 0) is 18.9 Å². The molecule has 5 heteroatoms. The van der Waals surface area contributed by atoms with Gasteiger partial charge in [0.2, 0.25) is 0 Å². The summed E-state index contributed by atoms with van der Waals surface area (Å²) in [7, 11) is 0. The summed E-state index contributed by atoms with van der Waals surface area (Å²) >= 11 is 0. The average Bonchev–Trinajstić information content (AvgIpc) is 2.28. The second-order valence-electron chi connectivity index (χ2n) is 4.19. The van der Waals surface area contributed by atoms with Crippen molar-refractivity contribution < 1.29 is 22.3 Å². The van der Waals surface area contributed by atoms with E-state index in [0.717, 1.165) is 0 Å². The number of benzene rings is 1. The standard InChI is InChI=1S/C13H12F4O/c1-8-5-6-9(10-4-2-3-7-18-10)12(14)11(8)13(15,16)17/h2-3,5-6,10H,4,7H2,1H3. The lowest BCUT2D eigenvalue weighted by atomic mass is 9.97. The molecule has 2 rings (SSSR count). The largest absolute Gasteiger partial charge is 0.419 e. The van der Waals surface area contributed by atoms with Gasteiger partial charge in [-0.15, -0.1) is 0 Å². The van der Waals surface area contributed by atoms with Gasteiger partial charge in [-0.2, -0.15) is 13.2 Å². The predicted octanol–water partition coefficient (Wildman–Crippen LogP) is 4.17. The summed E-state index contributed by atoms with van der Waals surface area (Å²) in [6.45, 7) is 1.54. The zero-order chi connectivity index (χ0) is 13.3. The molecule has 1 aromatic rings. The maximum atomic E-state index is 14.0. The van der Waals surface area contributed by atoms with E-state index in [-0.39, 0.29) is 11.1 Å². The van der Waals surface area contributed by atoms with Crippen molar-refractivity contribution in [2.45, 2.75) is 25.6 Å². The summed E-state index contributed by atoms with van der Waals surface area (Å²) < 4.78 is 57.5. The molecular formula is C13H12F4O. The molecule has 0 aliphatic carbocycles. The fraction of sp³-hybridized carbons (Fsp3) is 0.385. The predicted molar refractivity (Wildman–Crippen MR) is 58.6 cm³/mol. The molecular weight excluding hydrogens is 248 g/mol. The van der Waals surface area contributed by atoms with Gasteiger partial charge < -0.3 is 4.74 Å². The van der Waals surface area contributed by atoms with Crippen LogP contribution in [0.25, 0.3) is 0 Å². The molecule has 1 aliphatic heterocycles. The maximum Gasteiger partial charge on any atom is 0.419 e. The smallest absolute Gasteiger partial charge is 0.369 e. The number of halogens is 4. The lowest BCUT2D eigenvalue weighted by molar-refractivity contribution is -0.140. The number of alkyl halides is 3. The van der Waals surface area contributed by atoms with Crippen LogP contribution in [-0.2, 0) is 10.9 Å². The maximum absolute atomic E-state index is 14.0. The lowest BCUT2D eigenvalue weighted by Gasteiger charge is -2.22. The molecule has 1 aliphatic rings. The van der Waals surface area contributed by atoms with Crippen LogP contribution in [0.4, 0.5) is 17.6 Å². The van der Waals surface area contributed by atoms with Gasteiger partial charge in [0, 0.05) is 5.56 Å². The van der Waals surface area contributed by atoms with Gasteiger partial charge in [0.25, 0.3) is 0 Å².